The van der Waals surface area contributed by atoms with Crippen molar-refractivity contribution < 1.29 is 182 Å². The second-order valence-corrected chi connectivity index (χ2v) is 31.6. The van der Waals surface area contributed by atoms with Gasteiger partial charge in [-0.3, -0.25) is 0 Å². The van der Waals surface area contributed by atoms with E-state index in [1.165, 1.54) is 12.1 Å². The molecule has 18 rings (SSSR count). The van der Waals surface area contributed by atoms with Crippen LogP contribution in [-0.4, -0.2) is 190 Å². The van der Waals surface area contributed by atoms with E-state index in [2.05, 4.69) is 0 Å². The molecule has 6 aliphatic heterocycles. The van der Waals surface area contributed by atoms with Gasteiger partial charge < -0.3 is 182 Å². The summed E-state index contributed by atoms with van der Waals surface area (Å²) in [4.78, 5) is 0. The molecular formula is C90H74O36. The van der Waals surface area contributed by atoms with Gasteiger partial charge in [-0.15, -0.1) is 0 Å². The number of phenolic OH excluding ortho intramolecular Hbond substituents is 24. The number of ether oxygens (including phenoxy) is 6. The summed E-state index contributed by atoms with van der Waals surface area (Å²) in [5.74, 6) is -35.9. The molecule has 6 heterocycles. The van der Waals surface area contributed by atoms with Crippen LogP contribution in [0.15, 0.2) is 152 Å². The molecule has 0 unspecified atom stereocenters. The summed E-state index contributed by atoms with van der Waals surface area (Å²) in [5, 5.41) is 360. The van der Waals surface area contributed by atoms with Gasteiger partial charge >= 0.3 is 0 Å². The maximum atomic E-state index is 13.7. The predicted molar refractivity (Wildman–Crippen MR) is 426 cm³/mol. The molecule has 17 atom stereocenters. The zero-order valence-electron chi connectivity index (χ0n) is 64.3. The average Bonchev–Trinajstić information content (AvgIpc) is 0.704. The van der Waals surface area contributed by atoms with Gasteiger partial charge in [-0.05, 0) is 106 Å². The lowest BCUT2D eigenvalue weighted by Gasteiger charge is -2.45. The number of hydrogen-bond acceptors (Lipinski definition) is 36. The highest BCUT2D eigenvalue weighted by molar-refractivity contribution is 5.77. The van der Waals surface area contributed by atoms with Gasteiger partial charge in [0.2, 0.25) is 0 Å². The topological polar surface area (TPSA) is 662 Å². The molecule has 0 saturated heterocycles. The van der Waals surface area contributed by atoms with Crippen LogP contribution in [0.4, 0.5) is 0 Å². The van der Waals surface area contributed by atoms with Crippen molar-refractivity contribution in [1.82, 2.24) is 0 Å². The fraction of sp³-hybridized carbons (Fsp3) is 0.200. The van der Waals surface area contributed by atoms with E-state index in [4.69, 9.17) is 28.4 Å². The lowest BCUT2D eigenvalue weighted by molar-refractivity contribution is -0.0110. The molecule has 0 saturated carbocycles. The quantitative estimate of drug-likeness (QED) is 0.0538. The van der Waals surface area contributed by atoms with Gasteiger partial charge in [0.25, 0.3) is 0 Å². The van der Waals surface area contributed by atoms with Crippen molar-refractivity contribution in [3.8, 4) is 172 Å². The highest BCUT2D eigenvalue weighted by atomic mass is 16.5. The van der Waals surface area contributed by atoms with Crippen LogP contribution < -0.4 is 28.4 Å². The van der Waals surface area contributed by atoms with Crippen molar-refractivity contribution in [2.75, 3.05) is 0 Å². The van der Waals surface area contributed by atoms with Crippen molar-refractivity contribution >= 4 is 0 Å². The first-order valence-corrected chi connectivity index (χ1v) is 38.6. The molecular weight excluding hydrogens is 1660 g/mol. The average molecular weight is 1730 g/mol. The summed E-state index contributed by atoms with van der Waals surface area (Å²) in [6, 6.07) is 23.6. The van der Waals surface area contributed by atoms with Gasteiger partial charge in [-0.25, -0.2) is 0 Å². The van der Waals surface area contributed by atoms with E-state index in [0.29, 0.717) is 24.3 Å². The van der Waals surface area contributed by atoms with Crippen molar-refractivity contribution in [1.29, 1.82) is 0 Å². The van der Waals surface area contributed by atoms with Crippen LogP contribution in [0.2, 0.25) is 0 Å². The molecule has 0 aliphatic carbocycles. The smallest absolute Gasteiger partial charge is 0.157 e. The Morgan fingerprint density at radius 3 is 0.643 bits per heavy atom. The molecule has 0 aromatic heterocycles. The maximum absolute atomic E-state index is 13.7. The fourth-order valence-corrected chi connectivity index (χ4v) is 18.6. The van der Waals surface area contributed by atoms with Gasteiger partial charge in [-0.2, -0.15) is 0 Å². The lowest BCUT2D eigenvalue weighted by Crippen LogP contribution is -2.40. The Bertz CT molecular complexity index is 6550. The van der Waals surface area contributed by atoms with Gasteiger partial charge in [0.15, 0.2) is 99.5 Å². The molecule has 0 amide bonds. The van der Waals surface area contributed by atoms with Crippen LogP contribution in [-0.2, 0) is 6.42 Å². The number of benzene rings is 12. The molecule has 36 nitrogen and oxygen atoms in total. The third-order valence-electron chi connectivity index (χ3n) is 24.3. The van der Waals surface area contributed by atoms with Crippen LogP contribution in [0.5, 0.6) is 172 Å². The first kappa shape index (κ1) is 81.4. The van der Waals surface area contributed by atoms with E-state index in [1.54, 1.807) is 0 Å². The number of rotatable bonds is 11. The Labute approximate surface area is 706 Å². The normalized spacial score (nSPS) is 24.3. The number of aliphatic hydroxyl groups excluding tert-OH is 6. The van der Waals surface area contributed by atoms with Crippen molar-refractivity contribution in [2.45, 2.75) is 109 Å². The van der Waals surface area contributed by atoms with E-state index >= 15 is 0 Å². The largest absolute Gasteiger partial charge is 0.508 e. The van der Waals surface area contributed by atoms with E-state index in [0.717, 1.165) is 115 Å². The molecule has 6 aliphatic rings. The van der Waals surface area contributed by atoms with Crippen LogP contribution in [0, 0.1) is 0 Å². The van der Waals surface area contributed by atoms with Gasteiger partial charge in [0, 0.05) is 110 Å². The minimum Gasteiger partial charge on any atom is -0.508 e. The molecule has 0 fully saturated rings. The standard InChI is InChI=1S/C90H74O36/c91-33-19-48(105)60-59(20-33)121-81(28-2-8-36(93)43(100)14-28)75(116)70(60)62-50(107)23-52(109)64-72(77(118)83(123-87(62)64)30-4-10-38(95)45(102)16-30)66-54(111)25-56(113)68-74(79(120)85(125-89(66)68)32-6-12-40(97)47(104)18-32)69-57(114)26-55(112)67-73(78(119)84(126-90(67)69)31-5-11-39(96)46(103)17-31)65-53(110)24-51(108)63-71(76(117)82(124-88(63)65)29-3-9-37(94)44(101)15-29)61-49(106)22-41(98)34-21-58(115)80(122-86(34)61)27-1-7-35(92)42(99)13-27/h1-20,22-26,58,70-85,91-120H,21H2/t58-,70-,71+,72+,73+,74-,75+,76+,77+,78-,79+,80+,81-,82-,83+,84+,85-/m1/s1. The highest BCUT2D eigenvalue weighted by Gasteiger charge is 2.57. The van der Waals surface area contributed by atoms with Crippen LogP contribution in [0.25, 0.3) is 0 Å². The van der Waals surface area contributed by atoms with Crippen molar-refractivity contribution in [3.05, 3.63) is 246 Å². The summed E-state index contributed by atoms with van der Waals surface area (Å²) in [6.45, 7) is 0. The molecule has 126 heavy (non-hydrogen) atoms. The molecule has 0 radical (unpaired) electrons. The predicted octanol–water partition coefficient (Wildman–Crippen LogP) is 8.79. The first-order valence-electron chi connectivity index (χ1n) is 38.6. The van der Waals surface area contributed by atoms with E-state index in [9.17, 15) is 153 Å². The monoisotopic (exact) mass is 1730 g/mol. The van der Waals surface area contributed by atoms with Gasteiger partial charge in [0.1, 0.15) is 140 Å². The van der Waals surface area contributed by atoms with E-state index < -0.39 is 337 Å². The van der Waals surface area contributed by atoms with E-state index in [1.807, 2.05) is 0 Å². The fourth-order valence-electron chi connectivity index (χ4n) is 18.6. The molecule has 30 N–H and O–H groups in total. The van der Waals surface area contributed by atoms with Gasteiger partial charge in [-0.1, -0.05) is 36.4 Å². The molecule has 0 bridgehead atoms. The maximum Gasteiger partial charge on any atom is 0.157 e. The molecule has 650 valence electrons. The van der Waals surface area contributed by atoms with Crippen molar-refractivity contribution in [2.24, 2.45) is 0 Å². The Balaban J connectivity index is 0.896. The van der Waals surface area contributed by atoms with Crippen molar-refractivity contribution in [3.63, 3.8) is 0 Å². The second kappa shape index (κ2) is 29.6. The SMILES string of the molecule is Oc1cc(O)c2c(c1)O[C@H](c1ccc(O)c(O)c1)[C@@H](O)[C@H]2c1c(O)cc(O)c2c1O[C@@H](c1ccc(O)c(O)c1)[C@@H](O)[C@@H]2c1c(O)cc(O)c2c1O[C@H](c1ccc(O)c(O)c1)[C@@H](O)[C@H]2c1c(O)cc(O)c2c1O[C@@H](c1ccc(O)c(O)c1)[C@H](O)[C@H]2c1c(O)cc(O)c2c1O[C@H](c1ccc(O)c(O)c1)[C@@H](O)[C@H]2c1c(O)cc(O)c2c1O[C@@H](c1ccc(O)c(O)c1)[C@H](O)C2. The zero-order valence-corrected chi connectivity index (χ0v) is 64.3. The summed E-state index contributed by atoms with van der Waals surface area (Å²) < 4.78 is 39.9. The molecule has 36 heteroatoms. The Morgan fingerprint density at radius 1 is 0.183 bits per heavy atom. The van der Waals surface area contributed by atoms with Crippen LogP contribution in [0.1, 0.15) is 161 Å². The second-order valence-electron chi connectivity index (χ2n) is 31.6. The minimum absolute atomic E-state index is 0.00514. The number of aromatic hydroxyl groups is 24. The number of hydrogen-bond donors (Lipinski definition) is 30. The minimum atomic E-state index is -2.44. The lowest BCUT2D eigenvalue weighted by atomic mass is 9.70. The number of phenols is 24. The van der Waals surface area contributed by atoms with E-state index in [-0.39, 0.29) is 38.9 Å². The summed E-state index contributed by atoms with van der Waals surface area (Å²) in [5.41, 5.74) is -8.39. The van der Waals surface area contributed by atoms with Crippen LogP contribution >= 0.6 is 0 Å². The Hall–Kier alpha value is -15.6. The molecule has 0 spiro atoms. The summed E-state index contributed by atoms with van der Waals surface area (Å²) in [6.07, 6.45) is -25.3. The Morgan fingerprint density at radius 2 is 0.389 bits per heavy atom. The Kier molecular flexibility index (Phi) is 19.1. The third-order valence-corrected chi connectivity index (χ3v) is 24.3. The summed E-state index contributed by atoms with van der Waals surface area (Å²) in [7, 11) is 0. The number of fused-ring (bicyclic) bond motifs is 6. The summed E-state index contributed by atoms with van der Waals surface area (Å²) >= 11 is 0. The zero-order chi connectivity index (χ0) is 89.6. The van der Waals surface area contributed by atoms with Gasteiger partial charge in [0.05, 0.1) is 35.7 Å². The first-order chi connectivity index (χ1) is 59.9. The molecule has 12 aromatic carbocycles. The number of aliphatic hydroxyl groups is 6. The third kappa shape index (κ3) is 12.6. The highest BCUT2D eigenvalue weighted by Crippen LogP contribution is 2.69. The van der Waals surface area contributed by atoms with Crippen LogP contribution in [0.3, 0.4) is 0 Å². The molecule has 12 aromatic rings.